The molecule has 0 N–H and O–H groups in total. The molecule has 16 rings (SSSR count). The first-order chi connectivity index (χ1) is 40.7. The van der Waals surface area contributed by atoms with E-state index in [-0.39, 0.29) is 0 Å². The fraction of sp³-hybridized carbons (Fsp3) is 0. The summed E-state index contributed by atoms with van der Waals surface area (Å²) in [4.78, 5) is 10.4. The molecule has 0 bridgehead atoms. The maximum atomic E-state index is 5.52. The van der Waals surface area contributed by atoms with Crippen LogP contribution in [0, 0.1) is 0 Å². The molecule has 0 aliphatic heterocycles. The van der Waals surface area contributed by atoms with Gasteiger partial charge in [0.2, 0.25) is 0 Å². The van der Waals surface area contributed by atoms with E-state index in [1.54, 1.807) is 0 Å². The number of anilines is 6. The number of aromatic nitrogens is 3. The number of pyridine rings is 1. The highest BCUT2D eigenvalue weighted by molar-refractivity contribution is 6.13. The molecule has 0 saturated heterocycles. The maximum Gasteiger partial charge on any atom is 0.0717 e. The van der Waals surface area contributed by atoms with Crippen LogP contribution in [0.2, 0.25) is 0 Å². The summed E-state index contributed by atoms with van der Waals surface area (Å²) < 4.78 is 4.79. The smallest absolute Gasteiger partial charge is 0.0717 e. The molecule has 0 saturated carbocycles. The second-order valence-corrected chi connectivity index (χ2v) is 21.1. The Bertz CT molecular complexity index is 5090. The molecule has 0 aliphatic rings. The highest BCUT2D eigenvalue weighted by Crippen LogP contribution is 2.46. The van der Waals surface area contributed by atoms with Crippen molar-refractivity contribution < 1.29 is 0 Å². The summed E-state index contributed by atoms with van der Waals surface area (Å²) in [5, 5.41) is 10.7. The molecular weight excluding hydrogens is 995 g/mol. The Morgan fingerprint density at radius 1 is 0.256 bits per heavy atom. The van der Waals surface area contributed by atoms with Gasteiger partial charge in [0.15, 0.2) is 0 Å². The zero-order valence-electron chi connectivity index (χ0n) is 44.7. The van der Waals surface area contributed by atoms with Gasteiger partial charge < -0.3 is 18.9 Å². The molecule has 0 spiro atoms. The number of benzene rings is 13. The summed E-state index contributed by atoms with van der Waals surface area (Å²) >= 11 is 0. The van der Waals surface area contributed by atoms with E-state index in [4.69, 9.17) is 4.98 Å². The summed E-state index contributed by atoms with van der Waals surface area (Å²) in [5.41, 5.74) is 18.4. The van der Waals surface area contributed by atoms with Gasteiger partial charge in [-0.15, -0.1) is 0 Å². The van der Waals surface area contributed by atoms with E-state index in [0.717, 1.165) is 89.8 Å². The Balaban J connectivity index is 0.851. The molecule has 0 radical (unpaired) electrons. The zero-order chi connectivity index (χ0) is 54.1. The number of hydrogen-bond acceptors (Lipinski definition) is 3. The van der Waals surface area contributed by atoms with Crippen molar-refractivity contribution in [2.45, 2.75) is 0 Å². The van der Waals surface area contributed by atoms with Crippen LogP contribution in [0.5, 0.6) is 0 Å². The lowest BCUT2D eigenvalue weighted by atomic mass is 9.97. The lowest BCUT2D eigenvalue weighted by molar-refractivity contribution is 1.18. The average molecular weight is 1050 g/mol. The highest BCUT2D eigenvalue weighted by atomic mass is 15.2. The van der Waals surface area contributed by atoms with Crippen molar-refractivity contribution in [1.82, 2.24) is 14.1 Å². The molecule has 16 aromatic rings. The first-order valence-electron chi connectivity index (χ1n) is 28.0. The van der Waals surface area contributed by atoms with Crippen molar-refractivity contribution in [2.75, 3.05) is 9.80 Å². The van der Waals surface area contributed by atoms with Crippen LogP contribution in [0.1, 0.15) is 0 Å². The number of nitrogens with zero attached hydrogens (tertiary/aromatic N) is 5. The summed E-state index contributed by atoms with van der Waals surface area (Å²) in [6.07, 6.45) is 0. The number of hydrogen-bond donors (Lipinski definition) is 0. The predicted molar refractivity (Wildman–Crippen MR) is 346 cm³/mol. The van der Waals surface area contributed by atoms with E-state index in [1.807, 2.05) is 0 Å². The largest absolute Gasteiger partial charge is 0.310 e. The molecule has 82 heavy (non-hydrogen) atoms. The van der Waals surface area contributed by atoms with Gasteiger partial charge in [0.1, 0.15) is 0 Å². The Kier molecular flexibility index (Phi) is 11.1. The van der Waals surface area contributed by atoms with Gasteiger partial charge >= 0.3 is 0 Å². The third kappa shape index (κ3) is 7.82. The van der Waals surface area contributed by atoms with E-state index < -0.39 is 0 Å². The fourth-order valence-corrected chi connectivity index (χ4v) is 12.7. The van der Waals surface area contributed by atoms with Gasteiger partial charge in [-0.1, -0.05) is 200 Å². The van der Waals surface area contributed by atoms with Gasteiger partial charge in [-0.25, -0.2) is 4.98 Å². The molecule has 0 atom stereocenters. The van der Waals surface area contributed by atoms with Crippen molar-refractivity contribution >= 4 is 110 Å². The van der Waals surface area contributed by atoms with E-state index in [0.29, 0.717) is 0 Å². The molecule has 384 valence electrons. The van der Waals surface area contributed by atoms with Crippen LogP contribution < -0.4 is 9.80 Å². The third-order valence-corrected chi connectivity index (χ3v) is 16.4. The van der Waals surface area contributed by atoms with Gasteiger partial charge in [0.25, 0.3) is 0 Å². The Hall–Kier alpha value is -11.0. The van der Waals surface area contributed by atoms with Crippen molar-refractivity contribution in [3.63, 3.8) is 0 Å². The van der Waals surface area contributed by atoms with E-state index >= 15 is 0 Å². The summed E-state index contributed by atoms with van der Waals surface area (Å²) in [7, 11) is 0. The van der Waals surface area contributed by atoms with Gasteiger partial charge in [0.05, 0.1) is 44.7 Å². The molecule has 0 unspecified atom stereocenters. The van der Waals surface area contributed by atoms with E-state index in [9.17, 15) is 0 Å². The van der Waals surface area contributed by atoms with Crippen LogP contribution in [0.3, 0.4) is 0 Å². The SMILES string of the molecule is c1ccc(-c2cc(-c3ccc(N(c4ccc5c6ccccc6n(-c6ccccc6)c5c4)c4cccc5ccccc45)cc3)nc3ccc(N(c4ccc5c6ccccc6n(-c6ccccc6)c5c4)c4cccc5ccccc45)cc23)cc1. The van der Waals surface area contributed by atoms with Crippen LogP contribution in [-0.2, 0) is 0 Å². The second kappa shape index (κ2) is 19.4. The number of para-hydroxylation sites is 4. The maximum absolute atomic E-state index is 5.52. The minimum Gasteiger partial charge on any atom is -0.310 e. The van der Waals surface area contributed by atoms with Gasteiger partial charge in [-0.3, -0.25) is 0 Å². The van der Waals surface area contributed by atoms with Crippen molar-refractivity contribution in [3.05, 3.63) is 309 Å². The van der Waals surface area contributed by atoms with Gasteiger partial charge in [0, 0.05) is 77.4 Å². The predicted octanol–water partition coefficient (Wildman–Crippen LogP) is 21.0. The summed E-state index contributed by atoms with van der Waals surface area (Å²) in [5.74, 6) is 0. The Morgan fingerprint density at radius 2 is 0.671 bits per heavy atom. The molecular formula is C77H51N5. The molecule has 5 nitrogen and oxygen atoms in total. The number of fused-ring (bicyclic) bond motifs is 9. The molecule has 5 heteroatoms. The molecule has 13 aromatic carbocycles. The molecule has 0 aliphatic carbocycles. The van der Waals surface area contributed by atoms with Crippen LogP contribution in [-0.4, -0.2) is 14.1 Å². The lowest BCUT2D eigenvalue weighted by Gasteiger charge is -2.28. The van der Waals surface area contributed by atoms with Crippen molar-refractivity contribution in [1.29, 1.82) is 0 Å². The van der Waals surface area contributed by atoms with Crippen LogP contribution in [0.4, 0.5) is 34.1 Å². The third-order valence-electron chi connectivity index (χ3n) is 16.4. The molecule has 3 aromatic heterocycles. The standard InChI is InChI=1S/C77H51N5/c1-4-20-54(21-5-1)68-51-71(55-38-40-58(41-39-55)79(72-36-18-24-52-22-10-12-30-62(52)72)60-42-45-66-64-32-14-16-34-74(64)81(76(66)49-60)56-26-6-2-7-27-56)78-70-47-44-59(48-69(68)70)80(73-37-19-25-53-23-11-13-31-63(53)73)61-43-46-67-65-33-15-17-35-75(65)82(77(67)50-61)57-28-8-3-9-29-57/h1-51H. The number of rotatable bonds is 10. The van der Waals surface area contributed by atoms with E-state index in [1.165, 1.54) is 54.1 Å². The normalized spacial score (nSPS) is 11.7. The van der Waals surface area contributed by atoms with Crippen molar-refractivity contribution in [3.8, 4) is 33.8 Å². The molecule has 0 amide bonds. The minimum absolute atomic E-state index is 0.904. The fourth-order valence-electron chi connectivity index (χ4n) is 12.7. The van der Waals surface area contributed by atoms with Crippen LogP contribution >= 0.6 is 0 Å². The first-order valence-corrected chi connectivity index (χ1v) is 28.0. The van der Waals surface area contributed by atoms with Crippen LogP contribution in [0.15, 0.2) is 309 Å². The Morgan fingerprint density at radius 3 is 1.22 bits per heavy atom. The van der Waals surface area contributed by atoms with Crippen molar-refractivity contribution in [2.24, 2.45) is 0 Å². The topological polar surface area (TPSA) is 29.2 Å². The first kappa shape index (κ1) is 47.0. The lowest BCUT2D eigenvalue weighted by Crippen LogP contribution is -2.11. The second-order valence-electron chi connectivity index (χ2n) is 21.1. The summed E-state index contributed by atoms with van der Waals surface area (Å²) in [6.45, 7) is 0. The van der Waals surface area contributed by atoms with Crippen LogP contribution in [0.25, 0.3) is 110 Å². The zero-order valence-corrected chi connectivity index (χ0v) is 44.7. The molecule has 0 fully saturated rings. The Labute approximate surface area is 474 Å². The van der Waals surface area contributed by atoms with E-state index in [2.05, 4.69) is 328 Å². The highest BCUT2D eigenvalue weighted by Gasteiger charge is 2.23. The van der Waals surface area contributed by atoms with Gasteiger partial charge in [-0.05, 0) is 131 Å². The molecule has 3 heterocycles. The summed E-state index contributed by atoms with van der Waals surface area (Å²) in [6, 6.07) is 112. The van der Waals surface area contributed by atoms with Gasteiger partial charge in [-0.2, -0.15) is 0 Å². The quantitative estimate of drug-likeness (QED) is 0.137. The monoisotopic (exact) mass is 1050 g/mol. The average Bonchev–Trinajstić information content (AvgIpc) is 4.12. The minimum atomic E-state index is 0.904.